The van der Waals surface area contributed by atoms with E-state index in [-0.39, 0.29) is 5.78 Å². The predicted molar refractivity (Wildman–Crippen MR) is 120 cm³/mol. The van der Waals surface area contributed by atoms with E-state index in [2.05, 4.69) is 21.7 Å². The fourth-order valence-corrected chi connectivity index (χ4v) is 4.38. The van der Waals surface area contributed by atoms with E-state index in [9.17, 15) is 4.79 Å². The molecule has 4 rings (SSSR count). The van der Waals surface area contributed by atoms with Crippen molar-refractivity contribution in [2.45, 2.75) is 50.4 Å². The van der Waals surface area contributed by atoms with Crippen LogP contribution in [0.15, 0.2) is 53.7 Å². The Morgan fingerprint density at radius 3 is 2.63 bits per heavy atom. The minimum absolute atomic E-state index is 0.0993. The van der Waals surface area contributed by atoms with Gasteiger partial charge in [0.25, 0.3) is 0 Å². The van der Waals surface area contributed by atoms with E-state index in [0.29, 0.717) is 29.2 Å². The van der Waals surface area contributed by atoms with E-state index in [0.717, 1.165) is 42.2 Å². The number of ether oxygens (including phenoxy) is 1. The monoisotopic (exact) mass is 441 g/mol. The van der Waals surface area contributed by atoms with Gasteiger partial charge in [-0.15, -0.1) is 10.2 Å². The summed E-state index contributed by atoms with van der Waals surface area (Å²) in [7, 11) is 0. The van der Waals surface area contributed by atoms with Crippen LogP contribution in [-0.2, 0) is 13.0 Å². The Labute approximate surface area is 185 Å². The topological polar surface area (TPSA) is 57.0 Å². The van der Waals surface area contributed by atoms with Crippen LogP contribution in [0.1, 0.15) is 54.0 Å². The summed E-state index contributed by atoms with van der Waals surface area (Å²) in [5.74, 6) is 1.82. The number of nitrogens with zero attached hydrogens (tertiary/aromatic N) is 3. The summed E-state index contributed by atoms with van der Waals surface area (Å²) in [5, 5.41) is 9.98. The van der Waals surface area contributed by atoms with E-state index in [1.165, 1.54) is 17.3 Å². The number of carbonyl (C=O) groups is 1. The molecule has 0 amide bonds. The highest BCUT2D eigenvalue weighted by molar-refractivity contribution is 7.99. The molecule has 1 heterocycles. The van der Waals surface area contributed by atoms with E-state index < -0.39 is 0 Å². The van der Waals surface area contributed by atoms with E-state index in [1.807, 2.05) is 42.5 Å². The Kier molecular flexibility index (Phi) is 6.75. The highest BCUT2D eigenvalue weighted by Gasteiger charge is 2.30. The van der Waals surface area contributed by atoms with E-state index in [1.54, 1.807) is 6.07 Å². The standard InChI is InChI=1S/C23H24ClN3O2S/c1-2-5-16-8-10-17(11-9-16)20(28)15-30-23-26-25-22(27(23)18-12-13-18)14-29-21-7-4-3-6-19(21)24/h3-4,6-11,18H,2,5,12-15H2,1H3. The van der Waals surface area contributed by atoms with Crippen molar-refractivity contribution in [3.63, 3.8) is 0 Å². The van der Waals surface area contributed by atoms with Crippen LogP contribution >= 0.6 is 23.4 Å². The summed E-state index contributed by atoms with van der Waals surface area (Å²) in [5.41, 5.74) is 2.00. The Balaban J connectivity index is 1.40. The maximum atomic E-state index is 12.6. The highest BCUT2D eigenvalue weighted by atomic mass is 35.5. The fraction of sp³-hybridized carbons (Fsp3) is 0.348. The van der Waals surface area contributed by atoms with Crippen molar-refractivity contribution >= 4 is 29.1 Å². The summed E-state index contributed by atoms with van der Waals surface area (Å²) in [6.45, 7) is 2.44. The average Bonchev–Trinajstić information content (AvgIpc) is 3.52. The lowest BCUT2D eigenvalue weighted by Crippen LogP contribution is -2.08. The number of carbonyl (C=O) groups excluding carboxylic acids is 1. The second kappa shape index (κ2) is 9.67. The van der Waals surface area contributed by atoms with Crippen LogP contribution in [0.4, 0.5) is 0 Å². The zero-order valence-corrected chi connectivity index (χ0v) is 18.5. The van der Waals surface area contributed by atoms with Gasteiger partial charge in [0.15, 0.2) is 16.8 Å². The number of aromatic nitrogens is 3. The van der Waals surface area contributed by atoms with Crippen molar-refractivity contribution in [2.75, 3.05) is 5.75 Å². The minimum atomic E-state index is 0.0993. The lowest BCUT2D eigenvalue weighted by molar-refractivity contribution is 0.102. The van der Waals surface area contributed by atoms with Gasteiger partial charge in [0.1, 0.15) is 12.4 Å². The number of Topliss-reactive ketones (excluding diaryl/α,β-unsaturated/α-hetero) is 1. The van der Waals surface area contributed by atoms with Gasteiger partial charge in [0, 0.05) is 11.6 Å². The van der Waals surface area contributed by atoms with Crippen LogP contribution in [0.3, 0.4) is 0 Å². The van der Waals surface area contributed by atoms with Crippen molar-refractivity contribution in [2.24, 2.45) is 0 Å². The van der Waals surface area contributed by atoms with Crippen molar-refractivity contribution in [1.82, 2.24) is 14.8 Å². The van der Waals surface area contributed by atoms with Gasteiger partial charge < -0.3 is 4.74 Å². The van der Waals surface area contributed by atoms with Crippen molar-refractivity contribution < 1.29 is 9.53 Å². The fourth-order valence-electron chi connectivity index (χ4n) is 3.27. The minimum Gasteiger partial charge on any atom is -0.484 e. The summed E-state index contributed by atoms with van der Waals surface area (Å²) in [4.78, 5) is 12.6. The number of halogens is 1. The third kappa shape index (κ3) is 5.05. The van der Waals surface area contributed by atoms with Crippen LogP contribution < -0.4 is 4.74 Å². The van der Waals surface area contributed by atoms with Crippen molar-refractivity contribution in [1.29, 1.82) is 0 Å². The zero-order valence-electron chi connectivity index (χ0n) is 16.9. The van der Waals surface area contributed by atoms with Crippen LogP contribution in [0.5, 0.6) is 5.75 Å². The maximum Gasteiger partial charge on any atom is 0.192 e. The number of benzene rings is 2. The molecule has 0 atom stereocenters. The molecule has 0 aliphatic heterocycles. The molecular weight excluding hydrogens is 418 g/mol. The first-order chi connectivity index (χ1) is 14.7. The Morgan fingerprint density at radius 2 is 1.93 bits per heavy atom. The van der Waals surface area contributed by atoms with Crippen LogP contribution in [0.2, 0.25) is 5.02 Å². The molecule has 3 aromatic rings. The van der Waals surface area contributed by atoms with E-state index >= 15 is 0 Å². The molecule has 7 heteroatoms. The SMILES string of the molecule is CCCc1ccc(C(=O)CSc2nnc(COc3ccccc3Cl)n2C2CC2)cc1. The zero-order chi connectivity index (χ0) is 20.9. The molecule has 1 aromatic heterocycles. The largest absolute Gasteiger partial charge is 0.484 e. The average molecular weight is 442 g/mol. The molecule has 0 bridgehead atoms. The number of thioether (sulfide) groups is 1. The van der Waals surface area contributed by atoms with Crippen LogP contribution in [0, 0.1) is 0 Å². The lowest BCUT2D eigenvalue weighted by atomic mass is 10.1. The molecule has 30 heavy (non-hydrogen) atoms. The first-order valence-corrected chi connectivity index (χ1v) is 11.6. The van der Waals surface area contributed by atoms with Gasteiger partial charge in [-0.2, -0.15) is 0 Å². The second-order valence-corrected chi connectivity index (χ2v) is 8.73. The second-order valence-electron chi connectivity index (χ2n) is 7.38. The first kappa shape index (κ1) is 20.9. The maximum absolute atomic E-state index is 12.6. The van der Waals surface area contributed by atoms with Gasteiger partial charge in [-0.3, -0.25) is 9.36 Å². The first-order valence-electron chi connectivity index (χ1n) is 10.2. The quantitative estimate of drug-likeness (QED) is 0.295. The van der Waals surface area contributed by atoms with Gasteiger partial charge in [-0.05, 0) is 37.0 Å². The molecule has 0 N–H and O–H groups in total. The Bertz CT molecular complexity index is 1020. The molecule has 1 saturated carbocycles. The lowest BCUT2D eigenvalue weighted by Gasteiger charge is -2.10. The smallest absolute Gasteiger partial charge is 0.192 e. The number of hydrogen-bond donors (Lipinski definition) is 0. The molecule has 1 fully saturated rings. The van der Waals surface area contributed by atoms with Gasteiger partial charge in [-0.25, -0.2) is 0 Å². The third-order valence-corrected chi connectivity index (χ3v) is 6.24. The Morgan fingerprint density at radius 1 is 1.17 bits per heavy atom. The molecule has 0 radical (unpaired) electrons. The summed E-state index contributed by atoms with van der Waals surface area (Å²) < 4.78 is 7.96. The van der Waals surface area contributed by atoms with Gasteiger partial charge >= 0.3 is 0 Å². The van der Waals surface area contributed by atoms with Gasteiger partial charge in [0.05, 0.1) is 10.8 Å². The molecule has 1 aliphatic carbocycles. The molecule has 0 spiro atoms. The molecular formula is C23H24ClN3O2S. The molecule has 2 aromatic carbocycles. The van der Waals surface area contributed by atoms with Crippen molar-refractivity contribution in [3.05, 3.63) is 70.5 Å². The number of rotatable bonds is 10. The third-order valence-electron chi connectivity index (χ3n) is 4.99. The molecule has 0 saturated heterocycles. The number of aryl methyl sites for hydroxylation is 1. The normalized spacial score (nSPS) is 13.4. The van der Waals surface area contributed by atoms with E-state index in [4.69, 9.17) is 16.3 Å². The van der Waals surface area contributed by atoms with Gasteiger partial charge in [0.2, 0.25) is 0 Å². The summed E-state index contributed by atoms with van der Waals surface area (Å²) in [6, 6.07) is 15.7. The molecule has 1 aliphatic rings. The number of ketones is 1. The van der Waals surface area contributed by atoms with Gasteiger partial charge in [-0.1, -0.05) is 73.1 Å². The van der Waals surface area contributed by atoms with Crippen LogP contribution in [0.25, 0.3) is 0 Å². The molecule has 0 unspecified atom stereocenters. The van der Waals surface area contributed by atoms with Crippen molar-refractivity contribution in [3.8, 4) is 5.75 Å². The molecule has 156 valence electrons. The predicted octanol–water partition coefficient (Wildman–Crippen LogP) is 5.77. The number of hydrogen-bond acceptors (Lipinski definition) is 5. The summed E-state index contributed by atoms with van der Waals surface area (Å²) >= 11 is 7.61. The highest BCUT2D eigenvalue weighted by Crippen LogP contribution is 2.39. The summed E-state index contributed by atoms with van der Waals surface area (Å²) in [6.07, 6.45) is 4.32. The Hall–Kier alpha value is -2.31. The number of para-hydroxylation sites is 1. The molecule has 5 nitrogen and oxygen atoms in total. The van der Waals surface area contributed by atoms with Crippen LogP contribution in [-0.4, -0.2) is 26.3 Å².